The Bertz CT molecular complexity index is 581. The highest BCUT2D eigenvalue weighted by atomic mass is 16.7. The number of hydroxylamine groups is 2. The maximum Gasteiger partial charge on any atom is 0.434 e. The number of hydrogen-bond acceptors (Lipinski definition) is 4. The number of carbonyl (C=O) groups excluding carboxylic acids is 3. The predicted molar refractivity (Wildman–Crippen MR) is 77.6 cm³/mol. The van der Waals surface area contributed by atoms with Gasteiger partial charge in [0, 0.05) is 19.5 Å². The van der Waals surface area contributed by atoms with Crippen molar-refractivity contribution in [3.05, 3.63) is 35.9 Å². The summed E-state index contributed by atoms with van der Waals surface area (Å²) in [6.07, 6.45) is 2.35. The van der Waals surface area contributed by atoms with Crippen molar-refractivity contribution in [2.75, 3.05) is 13.1 Å². The summed E-state index contributed by atoms with van der Waals surface area (Å²) in [5.41, 5.74) is 0.761. The van der Waals surface area contributed by atoms with Gasteiger partial charge < -0.3 is 9.74 Å². The third-order valence-corrected chi connectivity index (χ3v) is 4.09. The molecule has 1 unspecified atom stereocenters. The summed E-state index contributed by atoms with van der Waals surface area (Å²) in [6.45, 7) is 1.22. The fourth-order valence-corrected chi connectivity index (χ4v) is 2.86. The molecule has 6 nitrogen and oxygen atoms in total. The van der Waals surface area contributed by atoms with Crippen LogP contribution in [0.4, 0.5) is 4.79 Å². The van der Waals surface area contributed by atoms with Crippen molar-refractivity contribution in [2.45, 2.75) is 31.6 Å². The maximum absolute atomic E-state index is 12.3. The Morgan fingerprint density at radius 1 is 1.05 bits per heavy atom. The van der Waals surface area contributed by atoms with Gasteiger partial charge in [0.15, 0.2) is 0 Å². The SMILES string of the molecule is O=C(ON1C(=O)CC(c2ccccc2)C1=O)N1CCCCC1. The van der Waals surface area contributed by atoms with E-state index in [1.165, 1.54) is 0 Å². The molecule has 2 aliphatic rings. The van der Waals surface area contributed by atoms with E-state index in [-0.39, 0.29) is 6.42 Å². The number of rotatable bonds is 2. The fraction of sp³-hybridized carbons (Fsp3) is 0.438. The van der Waals surface area contributed by atoms with Gasteiger partial charge in [-0.3, -0.25) is 9.59 Å². The van der Waals surface area contributed by atoms with Crippen LogP contribution in [-0.2, 0) is 14.4 Å². The van der Waals surface area contributed by atoms with Crippen LogP contribution in [0.25, 0.3) is 0 Å². The standard InChI is InChI=1S/C16H18N2O4/c19-14-11-13(12-7-3-1-4-8-12)15(20)18(14)22-16(21)17-9-5-2-6-10-17/h1,3-4,7-8,13H,2,5-6,9-11H2. The van der Waals surface area contributed by atoms with Crippen molar-refractivity contribution >= 4 is 17.9 Å². The lowest BCUT2D eigenvalue weighted by Gasteiger charge is -2.26. The molecule has 6 heteroatoms. The van der Waals surface area contributed by atoms with Crippen molar-refractivity contribution in [2.24, 2.45) is 0 Å². The highest BCUT2D eigenvalue weighted by molar-refractivity contribution is 6.05. The molecular formula is C16H18N2O4. The average molecular weight is 302 g/mol. The van der Waals surface area contributed by atoms with Gasteiger partial charge in [0.2, 0.25) is 0 Å². The monoisotopic (exact) mass is 302 g/mol. The number of imide groups is 1. The third-order valence-electron chi connectivity index (χ3n) is 4.09. The molecule has 0 saturated carbocycles. The van der Waals surface area contributed by atoms with Gasteiger partial charge in [0.05, 0.1) is 5.92 Å². The summed E-state index contributed by atoms with van der Waals surface area (Å²) < 4.78 is 0. The van der Waals surface area contributed by atoms with E-state index in [0.29, 0.717) is 18.2 Å². The van der Waals surface area contributed by atoms with Crippen LogP contribution in [0.2, 0.25) is 0 Å². The molecule has 116 valence electrons. The van der Waals surface area contributed by atoms with E-state index in [4.69, 9.17) is 4.84 Å². The van der Waals surface area contributed by atoms with Gasteiger partial charge in [0.1, 0.15) is 0 Å². The molecule has 0 aromatic heterocycles. The second-order valence-corrected chi connectivity index (χ2v) is 5.60. The van der Waals surface area contributed by atoms with E-state index >= 15 is 0 Å². The summed E-state index contributed by atoms with van der Waals surface area (Å²) in [5, 5.41) is 0.634. The van der Waals surface area contributed by atoms with Gasteiger partial charge in [-0.1, -0.05) is 30.3 Å². The van der Waals surface area contributed by atoms with Crippen molar-refractivity contribution in [3.63, 3.8) is 0 Å². The largest absolute Gasteiger partial charge is 0.434 e. The summed E-state index contributed by atoms with van der Waals surface area (Å²) in [7, 11) is 0. The molecule has 22 heavy (non-hydrogen) atoms. The molecule has 0 aliphatic carbocycles. The number of benzene rings is 1. The summed E-state index contributed by atoms with van der Waals surface area (Å²) >= 11 is 0. The van der Waals surface area contributed by atoms with Gasteiger partial charge in [-0.25, -0.2) is 4.79 Å². The van der Waals surface area contributed by atoms with Crippen LogP contribution in [0.15, 0.2) is 30.3 Å². The fourth-order valence-electron chi connectivity index (χ4n) is 2.86. The molecule has 3 rings (SSSR count). The predicted octanol–water partition coefficient (Wildman–Crippen LogP) is 2.07. The van der Waals surface area contributed by atoms with Crippen LogP contribution < -0.4 is 0 Å². The quantitative estimate of drug-likeness (QED) is 0.784. The Hall–Kier alpha value is -2.37. The van der Waals surface area contributed by atoms with Crippen LogP contribution >= 0.6 is 0 Å². The number of likely N-dealkylation sites (tertiary alicyclic amines) is 1. The number of piperidine rings is 1. The van der Waals surface area contributed by atoms with Crippen LogP contribution in [0.3, 0.4) is 0 Å². The molecule has 2 heterocycles. The zero-order chi connectivity index (χ0) is 15.5. The van der Waals surface area contributed by atoms with Crippen LogP contribution in [0, 0.1) is 0 Å². The molecule has 0 spiro atoms. The third kappa shape index (κ3) is 2.81. The summed E-state index contributed by atoms with van der Waals surface area (Å²) in [4.78, 5) is 43.0. The topological polar surface area (TPSA) is 66.9 Å². The minimum Gasteiger partial charge on any atom is -0.311 e. The van der Waals surface area contributed by atoms with Gasteiger partial charge in [-0.15, -0.1) is 5.06 Å². The molecule has 3 amide bonds. The van der Waals surface area contributed by atoms with Gasteiger partial charge in [-0.2, -0.15) is 0 Å². The Kier molecular flexibility index (Phi) is 4.09. The highest BCUT2D eigenvalue weighted by Gasteiger charge is 2.43. The Morgan fingerprint density at radius 3 is 2.41 bits per heavy atom. The first-order valence-corrected chi connectivity index (χ1v) is 7.55. The van der Waals surface area contributed by atoms with E-state index < -0.39 is 23.8 Å². The smallest absolute Gasteiger partial charge is 0.311 e. The second kappa shape index (κ2) is 6.17. The summed E-state index contributed by atoms with van der Waals surface area (Å²) in [5.74, 6) is -1.51. The zero-order valence-electron chi connectivity index (χ0n) is 12.2. The van der Waals surface area contributed by atoms with Gasteiger partial charge in [0.25, 0.3) is 11.8 Å². The number of amides is 3. The van der Waals surface area contributed by atoms with E-state index in [1.807, 2.05) is 18.2 Å². The average Bonchev–Trinajstić information content (AvgIpc) is 2.84. The van der Waals surface area contributed by atoms with Crippen LogP contribution in [0.5, 0.6) is 0 Å². The molecule has 2 saturated heterocycles. The van der Waals surface area contributed by atoms with E-state index in [0.717, 1.165) is 24.8 Å². The Labute approximate surface area is 128 Å². The van der Waals surface area contributed by atoms with Crippen molar-refractivity contribution in [1.82, 2.24) is 9.96 Å². The lowest BCUT2D eigenvalue weighted by Crippen LogP contribution is -2.42. The molecule has 1 aromatic rings. The Balaban J connectivity index is 1.68. The van der Waals surface area contributed by atoms with Crippen molar-refractivity contribution in [1.29, 1.82) is 0 Å². The molecule has 2 aliphatic heterocycles. The van der Waals surface area contributed by atoms with Crippen molar-refractivity contribution in [3.8, 4) is 0 Å². The van der Waals surface area contributed by atoms with Gasteiger partial charge >= 0.3 is 6.09 Å². The highest BCUT2D eigenvalue weighted by Crippen LogP contribution is 2.30. The first-order valence-electron chi connectivity index (χ1n) is 7.55. The van der Waals surface area contributed by atoms with Crippen LogP contribution in [-0.4, -0.2) is 41.0 Å². The first kappa shape index (κ1) is 14.6. The summed E-state index contributed by atoms with van der Waals surface area (Å²) in [6, 6.07) is 9.07. The molecule has 2 fully saturated rings. The number of carbonyl (C=O) groups is 3. The van der Waals surface area contributed by atoms with E-state index in [1.54, 1.807) is 17.0 Å². The zero-order valence-corrected chi connectivity index (χ0v) is 12.2. The maximum atomic E-state index is 12.3. The second-order valence-electron chi connectivity index (χ2n) is 5.60. The molecule has 0 N–H and O–H groups in total. The number of hydrogen-bond donors (Lipinski definition) is 0. The minimum absolute atomic E-state index is 0.0378. The molecule has 1 atom stereocenters. The minimum atomic E-state index is -0.616. The van der Waals surface area contributed by atoms with Gasteiger partial charge in [-0.05, 0) is 24.8 Å². The lowest BCUT2D eigenvalue weighted by molar-refractivity contribution is -0.174. The lowest BCUT2D eigenvalue weighted by atomic mass is 9.98. The van der Waals surface area contributed by atoms with E-state index in [9.17, 15) is 14.4 Å². The Morgan fingerprint density at radius 2 is 1.73 bits per heavy atom. The van der Waals surface area contributed by atoms with Crippen molar-refractivity contribution < 1.29 is 19.2 Å². The molecular weight excluding hydrogens is 284 g/mol. The molecule has 1 aromatic carbocycles. The first-order chi connectivity index (χ1) is 10.7. The molecule has 0 radical (unpaired) electrons. The normalized spacial score (nSPS) is 22.1. The number of nitrogens with zero attached hydrogens (tertiary/aromatic N) is 2. The van der Waals surface area contributed by atoms with E-state index in [2.05, 4.69) is 0 Å². The molecule has 0 bridgehead atoms. The van der Waals surface area contributed by atoms with Crippen LogP contribution in [0.1, 0.15) is 37.2 Å².